The normalized spacial score (nSPS) is 13.5. The molecule has 0 amide bonds. The lowest BCUT2D eigenvalue weighted by Gasteiger charge is -2.27. The van der Waals surface area contributed by atoms with Gasteiger partial charge < -0.3 is 10.5 Å². The number of fused-ring (bicyclic) bond motifs is 1. The summed E-state index contributed by atoms with van der Waals surface area (Å²) in [5.41, 5.74) is 7.34. The van der Waals surface area contributed by atoms with Crippen molar-refractivity contribution in [3.63, 3.8) is 0 Å². The summed E-state index contributed by atoms with van der Waals surface area (Å²) < 4.78 is 6.96. The lowest BCUT2D eigenvalue weighted by molar-refractivity contribution is 0.0566. The second-order valence-corrected chi connectivity index (χ2v) is 6.25. The molecule has 1 heterocycles. The number of hydrogen-bond donors (Lipinski definition) is 1. The average molecular weight is 292 g/mol. The Balaban J connectivity index is 2.11. The van der Waals surface area contributed by atoms with E-state index in [2.05, 4.69) is 55.4 Å². The van der Waals surface area contributed by atoms with E-state index in [-0.39, 0.29) is 12.1 Å². The van der Waals surface area contributed by atoms with Crippen LogP contribution in [-0.2, 0) is 4.74 Å². The van der Waals surface area contributed by atoms with Gasteiger partial charge in [-0.1, -0.05) is 18.2 Å². The lowest BCUT2D eigenvalue weighted by atomic mass is 10.0. The summed E-state index contributed by atoms with van der Waals surface area (Å²) in [6, 6.07) is 8.78. The molecule has 1 unspecified atom stereocenters. The minimum absolute atomic E-state index is 0.252. The molecule has 0 saturated carbocycles. The van der Waals surface area contributed by atoms with Crippen molar-refractivity contribution in [1.29, 1.82) is 0 Å². The molecule has 1 aromatic carbocycles. The van der Waals surface area contributed by atoms with Crippen LogP contribution in [0, 0.1) is 0 Å². The fraction of sp³-hybridized carbons (Fsp3) is 0.500. The highest BCUT2D eigenvalue weighted by molar-refractivity contribution is 7.17. The van der Waals surface area contributed by atoms with E-state index < -0.39 is 0 Å². The van der Waals surface area contributed by atoms with Crippen molar-refractivity contribution in [3.05, 3.63) is 35.2 Å². The first-order valence-electron chi connectivity index (χ1n) is 7.11. The van der Waals surface area contributed by atoms with E-state index in [0.29, 0.717) is 6.54 Å². The van der Waals surface area contributed by atoms with Crippen LogP contribution in [0.5, 0.6) is 0 Å². The zero-order chi connectivity index (χ0) is 14.5. The first-order chi connectivity index (χ1) is 9.63. The molecule has 20 heavy (non-hydrogen) atoms. The van der Waals surface area contributed by atoms with Gasteiger partial charge in [-0.25, -0.2) is 0 Å². The molecule has 3 nitrogen and oxygen atoms in total. The minimum atomic E-state index is 0.252. The largest absolute Gasteiger partial charge is 0.377 e. The van der Waals surface area contributed by atoms with Crippen molar-refractivity contribution in [3.8, 4) is 0 Å². The molecule has 0 saturated heterocycles. The van der Waals surface area contributed by atoms with Crippen LogP contribution in [-0.4, -0.2) is 37.7 Å². The summed E-state index contributed by atoms with van der Waals surface area (Å²) >= 11 is 1.79. The summed E-state index contributed by atoms with van der Waals surface area (Å²) in [7, 11) is 2.12. The first kappa shape index (κ1) is 15.4. The van der Waals surface area contributed by atoms with Gasteiger partial charge in [0.2, 0.25) is 0 Å². The highest BCUT2D eigenvalue weighted by Crippen LogP contribution is 2.32. The van der Waals surface area contributed by atoms with Crippen molar-refractivity contribution in [2.24, 2.45) is 5.73 Å². The molecule has 0 bridgehead atoms. The van der Waals surface area contributed by atoms with Gasteiger partial charge in [0.25, 0.3) is 0 Å². The Morgan fingerprint density at radius 2 is 2.05 bits per heavy atom. The first-order valence-corrected chi connectivity index (χ1v) is 7.99. The number of hydrogen-bond acceptors (Lipinski definition) is 4. The molecule has 1 atom stereocenters. The molecule has 0 radical (unpaired) electrons. The number of benzene rings is 1. The van der Waals surface area contributed by atoms with Gasteiger partial charge in [-0.2, -0.15) is 0 Å². The maximum atomic E-state index is 6.01. The number of thiophene rings is 1. The van der Waals surface area contributed by atoms with E-state index in [0.717, 1.165) is 13.2 Å². The molecule has 0 aliphatic carbocycles. The Morgan fingerprint density at radius 3 is 2.75 bits per heavy atom. The van der Waals surface area contributed by atoms with Crippen molar-refractivity contribution < 1.29 is 4.74 Å². The zero-order valence-electron chi connectivity index (χ0n) is 12.5. The molecule has 0 aliphatic heterocycles. The standard InChI is InChI=1S/C16H24N2OS/c1-12(2)19-9-8-18(3)15(10-17)14-11-20-16-7-5-4-6-13(14)16/h4-7,11-12,15H,8-10,17H2,1-3H3. The number of nitrogens with two attached hydrogens (primary N) is 1. The predicted molar refractivity (Wildman–Crippen MR) is 87.3 cm³/mol. The van der Waals surface area contributed by atoms with E-state index in [1.54, 1.807) is 11.3 Å². The van der Waals surface area contributed by atoms with Gasteiger partial charge in [-0.15, -0.1) is 11.3 Å². The van der Waals surface area contributed by atoms with Gasteiger partial charge >= 0.3 is 0 Å². The molecule has 2 aromatic rings. The number of ether oxygens (including phenoxy) is 1. The van der Waals surface area contributed by atoms with Gasteiger partial charge in [0, 0.05) is 23.8 Å². The maximum absolute atomic E-state index is 6.01. The molecule has 0 spiro atoms. The van der Waals surface area contributed by atoms with Gasteiger partial charge in [0.05, 0.1) is 12.7 Å². The summed E-state index contributed by atoms with van der Waals surface area (Å²) in [5.74, 6) is 0. The topological polar surface area (TPSA) is 38.5 Å². The lowest BCUT2D eigenvalue weighted by Crippen LogP contribution is -2.33. The monoisotopic (exact) mass is 292 g/mol. The second-order valence-electron chi connectivity index (χ2n) is 5.34. The third-order valence-electron chi connectivity index (χ3n) is 3.52. The van der Waals surface area contributed by atoms with Crippen LogP contribution in [0.25, 0.3) is 10.1 Å². The highest BCUT2D eigenvalue weighted by Gasteiger charge is 2.18. The Hall–Kier alpha value is -0.940. The molecular weight excluding hydrogens is 268 g/mol. The van der Waals surface area contributed by atoms with Crippen LogP contribution in [0.1, 0.15) is 25.5 Å². The van der Waals surface area contributed by atoms with E-state index in [9.17, 15) is 0 Å². The van der Waals surface area contributed by atoms with Gasteiger partial charge in [-0.3, -0.25) is 4.90 Å². The van der Waals surface area contributed by atoms with E-state index in [4.69, 9.17) is 10.5 Å². The molecule has 4 heteroatoms. The summed E-state index contributed by atoms with van der Waals surface area (Å²) in [6.07, 6.45) is 0.279. The summed E-state index contributed by atoms with van der Waals surface area (Å²) in [6.45, 7) is 6.38. The summed E-state index contributed by atoms with van der Waals surface area (Å²) in [5, 5.41) is 3.56. The van der Waals surface area contributed by atoms with E-state index in [1.165, 1.54) is 15.6 Å². The van der Waals surface area contributed by atoms with Gasteiger partial charge in [0.1, 0.15) is 0 Å². The van der Waals surface area contributed by atoms with E-state index >= 15 is 0 Å². The molecular formula is C16H24N2OS. The predicted octanol–water partition coefficient (Wildman–Crippen LogP) is 3.26. The van der Waals surface area contributed by atoms with Crippen LogP contribution >= 0.6 is 11.3 Å². The SMILES string of the molecule is CC(C)OCCN(C)C(CN)c1csc2ccccc12. The van der Waals surface area contributed by atoms with Crippen LogP contribution in [0.15, 0.2) is 29.6 Å². The van der Waals surface area contributed by atoms with Gasteiger partial charge in [-0.05, 0) is 43.3 Å². The Morgan fingerprint density at radius 1 is 1.30 bits per heavy atom. The fourth-order valence-electron chi connectivity index (χ4n) is 2.39. The van der Waals surface area contributed by atoms with Gasteiger partial charge in [0.15, 0.2) is 0 Å². The molecule has 2 N–H and O–H groups in total. The van der Waals surface area contributed by atoms with Crippen LogP contribution < -0.4 is 5.73 Å². The molecule has 0 fully saturated rings. The summed E-state index contributed by atoms with van der Waals surface area (Å²) in [4.78, 5) is 2.29. The molecule has 1 aromatic heterocycles. The van der Waals surface area contributed by atoms with Crippen molar-refractivity contribution in [2.45, 2.75) is 26.0 Å². The zero-order valence-corrected chi connectivity index (χ0v) is 13.3. The van der Waals surface area contributed by atoms with Crippen LogP contribution in [0.2, 0.25) is 0 Å². The van der Waals surface area contributed by atoms with Crippen LogP contribution in [0.3, 0.4) is 0 Å². The Bertz CT molecular complexity index is 538. The maximum Gasteiger partial charge on any atom is 0.0597 e. The smallest absolute Gasteiger partial charge is 0.0597 e. The van der Waals surface area contributed by atoms with Crippen molar-refractivity contribution >= 4 is 21.4 Å². The average Bonchev–Trinajstić information content (AvgIpc) is 2.83. The van der Waals surface area contributed by atoms with Crippen molar-refractivity contribution in [1.82, 2.24) is 4.90 Å². The Kier molecular flexibility index (Phi) is 5.54. The third-order valence-corrected chi connectivity index (χ3v) is 4.50. The second kappa shape index (κ2) is 7.18. The van der Waals surface area contributed by atoms with Crippen LogP contribution in [0.4, 0.5) is 0 Å². The molecule has 110 valence electrons. The number of nitrogens with zero attached hydrogens (tertiary/aromatic N) is 1. The molecule has 0 aliphatic rings. The van der Waals surface area contributed by atoms with Crippen molar-refractivity contribution in [2.75, 3.05) is 26.7 Å². The number of rotatable bonds is 7. The molecule has 2 rings (SSSR count). The number of likely N-dealkylation sites (N-methyl/N-ethyl adjacent to an activating group) is 1. The minimum Gasteiger partial charge on any atom is -0.377 e. The quantitative estimate of drug-likeness (QED) is 0.851. The third kappa shape index (κ3) is 3.58. The van der Waals surface area contributed by atoms with E-state index in [1.807, 2.05) is 0 Å². The fourth-order valence-corrected chi connectivity index (χ4v) is 3.40. The highest BCUT2D eigenvalue weighted by atomic mass is 32.1. The Labute approximate surface area is 125 Å².